The van der Waals surface area contributed by atoms with Gasteiger partial charge in [-0.2, -0.15) is 0 Å². The number of nitrogens with zero attached hydrogens (tertiary/aromatic N) is 2. The molecule has 0 aliphatic heterocycles. The monoisotopic (exact) mass is 250 g/mol. The van der Waals surface area contributed by atoms with Gasteiger partial charge in [-0.05, 0) is 11.6 Å². The lowest BCUT2D eigenvalue weighted by molar-refractivity contribution is 0.0684. The van der Waals surface area contributed by atoms with E-state index in [1.807, 2.05) is 0 Å². The number of aromatic carboxylic acids is 1. The van der Waals surface area contributed by atoms with Gasteiger partial charge in [0, 0.05) is 6.42 Å². The molecule has 0 radical (unpaired) electrons. The van der Waals surface area contributed by atoms with Gasteiger partial charge in [0.25, 0.3) is 0 Å². The van der Waals surface area contributed by atoms with Crippen molar-refractivity contribution in [1.82, 2.24) is 9.97 Å². The fourth-order valence-electron chi connectivity index (χ4n) is 1.50. The standard InChI is InChI=1S/C12H8F2N2O2/c13-8-4-2-1-3-7(8)5-9-10(14)11(12(17)18)16-6-15-9/h1-4,6H,5H2,(H,17,18). The molecule has 0 spiro atoms. The van der Waals surface area contributed by atoms with Crippen molar-refractivity contribution in [1.29, 1.82) is 0 Å². The van der Waals surface area contributed by atoms with Gasteiger partial charge in [0.2, 0.25) is 0 Å². The molecule has 1 N–H and O–H groups in total. The van der Waals surface area contributed by atoms with E-state index in [1.54, 1.807) is 6.07 Å². The molecule has 92 valence electrons. The Labute approximate surface area is 101 Å². The van der Waals surface area contributed by atoms with Crippen LogP contribution in [-0.4, -0.2) is 21.0 Å². The molecule has 1 aromatic heterocycles. The average molecular weight is 250 g/mol. The van der Waals surface area contributed by atoms with Gasteiger partial charge >= 0.3 is 5.97 Å². The summed E-state index contributed by atoms with van der Waals surface area (Å²) in [6.07, 6.45) is 0.823. The number of halogens is 2. The molecule has 0 fully saturated rings. The zero-order chi connectivity index (χ0) is 13.1. The van der Waals surface area contributed by atoms with Crippen LogP contribution in [0.4, 0.5) is 8.78 Å². The summed E-state index contributed by atoms with van der Waals surface area (Å²) in [5.74, 6) is -3.01. The smallest absolute Gasteiger partial charge is 0.357 e. The van der Waals surface area contributed by atoms with Crippen LogP contribution in [-0.2, 0) is 6.42 Å². The number of carboxylic acid groups (broad SMARTS) is 1. The Morgan fingerprint density at radius 1 is 1.22 bits per heavy atom. The van der Waals surface area contributed by atoms with Crippen LogP contribution >= 0.6 is 0 Å². The third-order valence-corrected chi connectivity index (χ3v) is 2.38. The first-order valence-corrected chi connectivity index (χ1v) is 5.05. The number of benzene rings is 1. The van der Waals surface area contributed by atoms with Gasteiger partial charge in [-0.3, -0.25) is 0 Å². The van der Waals surface area contributed by atoms with Gasteiger partial charge in [0.15, 0.2) is 11.5 Å². The molecule has 2 aromatic rings. The fraction of sp³-hybridized carbons (Fsp3) is 0.0833. The van der Waals surface area contributed by atoms with Crippen molar-refractivity contribution >= 4 is 5.97 Å². The molecule has 2 rings (SSSR count). The van der Waals surface area contributed by atoms with E-state index >= 15 is 0 Å². The lowest BCUT2D eigenvalue weighted by atomic mass is 10.1. The topological polar surface area (TPSA) is 63.1 Å². The molecule has 1 aromatic carbocycles. The molecule has 0 saturated carbocycles. The van der Waals surface area contributed by atoms with Gasteiger partial charge in [0.1, 0.15) is 12.1 Å². The zero-order valence-corrected chi connectivity index (χ0v) is 9.10. The van der Waals surface area contributed by atoms with Crippen molar-refractivity contribution in [3.8, 4) is 0 Å². The highest BCUT2D eigenvalue weighted by atomic mass is 19.1. The second-order valence-corrected chi connectivity index (χ2v) is 3.56. The molecular formula is C12H8F2N2O2. The first kappa shape index (κ1) is 12.1. The van der Waals surface area contributed by atoms with Gasteiger partial charge in [-0.1, -0.05) is 18.2 Å². The maximum atomic E-state index is 13.7. The molecule has 0 saturated heterocycles. The van der Waals surface area contributed by atoms with Gasteiger partial charge in [-0.25, -0.2) is 23.5 Å². The lowest BCUT2D eigenvalue weighted by Crippen LogP contribution is -2.09. The number of rotatable bonds is 3. The van der Waals surface area contributed by atoms with E-state index in [-0.39, 0.29) is 17.7 Å². The Hall–Kier alpha value is -2.37. The Balaban J connectivity index is 2.39. The molecular weight excluding hydrogens is 242 g/mol. The highest BCUT2D eigenvalue weighted by molar-refractivity contribution is 5.85. The van der Waals surface area contributed by atoms with E-state index in [9.17, 15) is 13.6 Å². The number of hydrogen-bond donors (Lipinski definition) is 1. The maximum Gasteiger partial charge on any atom is 0.357 e. The predicted molar refractivity (Wildman–Crippen MR) is 58.2 cm³/mol. The lowest BCUT2D eigenvalue weighted by Gasteiger charge is -2.05. The molecule has 4 nitrogen and oxygen atoms in total. The third-order valence-electron chi connectivity index (χ3n) is 2.38. The summed E-state index contributed by atoms with van der Waals surface area (Å²) in [4.78, 5) is 17.7. The first-order valence-electron chi connectivity index (χ1n) is 5.05. The van der Waals surface area contributed by atoms with E-state index in [0.717, 1.165) is 6.33 Å². The molecule has 0 amide bonds. The predicted octanol–water partition coefficient (Wildman–Crippen LogP) is 2.04. The quantitative estimate of drug-likeness (QED) is 0.905. The number of hydrogen-bond acceptors (Lipinski definition) is 3. The first-order chi connectivity index (χ1) is 8.59. The van der Waals surface area contributed by atoms with Gasteiger partial charge in [-0.15, -0.1) is 0 Å². The Morgan fingerprint density at radius 2 is 1.94 bits per heavy atom. The maximum absolute atomic E-state index is 13.7. The van der Waals surface area contributed by atoms with Gasteiger partial charge < -0.3 is 5.11 Å². The highest BCUT2D eigenvalue weighted by Gasteiger charge is 2.17. The second kappa shape index (κ2) is 4.87. The Kier molecular flexibility index (Phi) is 3.27. The molecule has 0 aliphatic carbocycles. The fourth-order valence-corrected chi connectivity index (χ4v) is 1.50. The molecule has 18 heavy (non-hydrogen) atoms. The van der Waals surface area contributed by atoms with E-state index in [4.69, 9.17) is 5.11 Å². The van der Waals surface area contributed by atoms with E-state index in [0.29, 0.717) is 0 Å². The van der Waals surface area contributed by atoms with Gasteiger partial charge in [0.05, 0.1) is 5.69 Å². The van der Waals surface area contributed by atoms with E-state index in [2.05, 4.69) is 9.97 Å². The largest absolute Gasteiger partial charge is 0.476 e. The molecule has 6 heteroatoms. The van der Waals surface area contributed by atoms with E-state index in [1.165, 1.54) is 18.2 Å². The molecule has 1 heterocycles. The van der Waals surface area contributed by atoms with Crippen LogP contribution in [0.1, 0.15) is 21.7 Å². The number of carbonyl (C=O) groups is 1. The zero-order valence-electron chi connectivity index (χ0n) is 9.10. The van der Waals surface area contributed by atoms with Crippen molar-refractivity contribution < 1.29 is 18.7 Å². The third kappa shape index (κ3) is 2.32. The summed E-state index contributed by atoms with van der Waals surface area (Å²) in [5.41, 5.74) is -0.615. The van der Waals surface area contributed by atoms with Crippen LogP contribution in [0.25, 0.3) is 0 Å². The summed E-state index contributed by atoms with van der Waals surface area (Å²) in [6, 6.07) is 5.84. The summed E-state index contributed by atoms with van der Waals surface area (Å²) in [6.45, 7) is 0. The second-order valence-electron chi connectivity index (χ2n) is 3.56. The van der Waals surface area contributed by atoms with Crippen LogP contribution in [0.5, 0.6) is 0 Å². The van der Waals surface area contributed by atoms with Crippen molar-refractivity contribution in [3.05, 3.63) is 59.2 Å². The summed E-state index contributed by atoms with van der Waals surface area (Å²) in [5, 5.41) is 8.71. The van der Waals surface area contributed by atoms with Crippen LogP contribution in [0.2, 0.25) is 0 Å². The van der Waals surface area contributed by atoms with E-state index < -0.39 is 23.3 Å². The number of aromatic nitrogens is 2. The molecule has 0 atom stereocenters. The van der Waals surface area contributed by atoms with Crippen LogP contribution in [0.15, 0.2) is 30.6 Å². The minimum absolute atomic E-state index is 0.124. The summed E-state index contributed by atoms with van der Waals surface area (Å²) in [7, 11) is 0. The van der Waals surface area contributed by atoms with Crippen molar-refractivity contribution in [2.24, 2.45) is 0 Å². The van der Waals surface area contributed by atoms with Crippen molar-refractivity contribution in [3.63, 3.8) is 0 Å². The van der Waals surface area contributed by atoms with Crippen LogP contribution in [0.3, 0.4) is 0 Å². The average Bonchev–Trinajstić information content (AvgIpc) is 2.34. The molecule has 0 unspecified atom stereocenters. The Bertz CT molecular complexity index is 602. The van der Waals surface area contributed by atoms with Crippen LogP contribution in [0, 0.1) is 11.6 Å². The highest BCUT2D eigenvalue weighted by Crippen LogP contribution is 2.15. The summed E-state index contributed by atoms with van der Waals surface area (Å²) < 4.78 is 27.1. The van der Waals surface area contributed by atoms with Crippen LogP contribution < -0.4 is 0 Å². The normalized spacial score (nSPS) is 10.3. The number of carboxylic acids is 1. The van der Waals surface area contributed by atoms with Crippen molar-refractivity contribution in [2.75, 3.05) is 0 Å². The minimum Gasteiger partial charge on any atom is -0.476 e. The summed E-state index contributed by atoms with van der Waals surface area (Å²) >= 11 is 0. The van der Waals surface area contributed by atoms with Crippen molar-refractivity contribution in [2.45, 2.75) is 6.42 Å². The minimum atomic E-state index is -1.48. The SMILES string of the molecule is O=C(O)c1ncnc(Cc2ccccc2F)c1F. The molecule has 0 bridgehead atoms. The Morgan fingerprint density at radius 3 is 2.61 bits per heavy atom. The molecule has 0 aliphatic rings.